The van der Waals surface area contributed by atoms with Crippen LogP contribution in [0.5, 0.6) is 11.5 Å². The van der Waals surface area contributed by atoms with E-state index in [0.29, 0.717) is 11.5 Å². The third-order valence-electron chi connectivity index (χ3n) is 2.30. The van der Waals surface area contributed by atoms with Crippen LogP contribution in [0.3, 0.4) is 0 Å². The molecule has 10 heteroatoms. The van der Waals surface area contributed by atoms with Crippen LogP contribution in [-0.4, -0.2) is 32.8 Å². The zero-order valence-electron chi connectivity index (χ0n) is 10.7. The summed E-state index contributed by atoms with van der Waals surface area (Å²) in [5, 5.41) is 7.05. The van der Waals surface area contributed by atoms with Crippen molar-refractivity contribution < 1.29 is 17.9 Å². The van der Waals surface area contributed by atoms with Gasteiger partial charge in [-0.3, -0.25) is 4.72 Å². The fourth-order valence-corrected chi connectivity index (χ4v) is 3.26. The second-order valence-corrected chi connectivity index (χ2v) is 6.44. The number of ether oxygens (including phenoxy) is 2. The molecule has 0 spiro atoms. The van der Waals surface area contributed by atoms with Crippen LogP contribution in [0.4, 0.5) is 10.8 Å². The molecule has 108 valence electrons. The Morgan fingerprint density at radius 2 is 2.00 bits per heavy atom. The van der Waals surface area contributed by atoms with Crippen molar-refractivity contribution in [3.05, 3.63) is 18.2 Å². The van der Waals surface area contributed by atoms with Crippen molar-refractivity contribution in [2.24, 2.45) is 0 Å². The number of anilines is 2. The third kappa shape index (κ3) is 2.91. The third-order valence-corrected chi connectivity index (χ3v) is 4.79. The molecular weight excluding hydrogens is 304 g/mol. The van der Waals surface area contributed by atoms with Crippen LogP contribution in [0.1, 0.15) is 0 Å². The number of nitrogen functional groups attached to an aromatic ring is 1. The molecule has 0 aliphatic heterocycles. The molecule has 3 N–H and O–H groups in total. The van der Waals surface area contributed by atoms with E-state index in [1.165, 1.54) is 20.3 Å². The minimum atomic E-state index is -3.87. The first-order valence-corrected chi connectivity index (χ1v) is 7.60. The Morgan fingerprint density at radius 3 is 2.55 bits per heavy atom. The van der Waals surface area contributed by atoms with Gasteiger partial charge in [0.1, 0.15) is 11.5 Å². The summed E-state index contributed by atoms with van der Waals surface area (Å²) >= 11 is 0.770. The maximum Gasteiger partial charge on any atom is 0.291 e. The largest absolute Gasteiger partial charge is 0.497 e. The van der Waals surface area contributed by atoms with Gasteiger partial charge in [-0.1, -0.05) is 11.3 Å². The van der Waals surface area contributed by atoms with Crippen molar-refractivity contribution in [3.63, 3.8) is 0 Å². The predicted octanol–water partition coefficient (Wildman–Crippen LogP) is 0.938. The van der Waals surface area contributed by atoms with Gasteiger partial charge in [-0.25, -0.2) is 0 Å². The topological polar surface area (TPSA) is 116 Å². The van der Waals surface area contributed by atoms with Gasteiger partial charge in [0.15, 0.2) is 0 Å². The van der Waals surface area contributed by atoms with E-state index in [-0.39, 0.29) is 15.2 Å². The molecule has 1 aromatic heterocycles. The summed E-state index contributed by atoms with van der Waals surface area (Å²) in [4.78, 5) is 0. The van der Waals surface area contributed by atoms with E-state index in [9.17, 15) is 8.42 Å². The molecule has 2 rings (SSSR count). The second kappa shape index (κ2) is 5.51. The molecule has 1 aromatic carbocycles. The number of rotatable bonds is 5. The van der Waals surface area contributed by atoms with Crippen molar-refractivity contribution >= 4 is 32.2 Å². The molecule has 0 aliphatic carbocycles. The van der Waals surface area contributed by atoms with Gasteiger partial charge in [-0.05, 0) is 12.1 Å². The smallest absolute Gasteiger partial charge is 0.291 e. The number of nitrogens with one attached hydrogen (secondary N) is 1. The fourth-order valence-electron chi connectivity index (χ4n) is 1.41. The van der Waals surface area contributed by atoms with E-state index in [4.69, 9.17) is 15.2 Å². The molecule has 2 aromatic rings. The minimum absolute atomic E-state index is 0.0722. The van der Waals surface area contributed by atoms with Crippen LogP contribution in [0.15, 0.2) is 22.5 Å². The zero-order chi connectivity index (χ0) is 14.8. The average molecular weight is 316 g/mol. The normalized spacial score (nSPS) is 11.1. The number of methoxy groups -OCH3 is 2. The maximum atomic E-state index is 12.1. The van der Waals surface area contributed by atoms with Crippen molar-refractivity contribution in [1.82, 2.24) is 10.2 Å². The van der Waals surface area contributed by atoms with Crippen LogP contribution in [0, 0.1) is 0 Å². The second-order valence-electron chi connectivity index (χ2n) is 3.58. The number of aromatic nitrogens is 2. The summed E-state index contributed by atoms with van der Waals surface area (Å²) in [6.45, 7) is 0. The highest BCUT2D eigenvalue weighted by molar-refractivity contribution is 7.94. The summed E-state index contributed by atoms with van der Waals surface area (Å²) in [5.74, 6) is 0.840. The van der Waals surface area contributed by atoms with Crippen LogP contribution in [0.2, 0.25) is 0 Å². The minimum Gasteiger partial charge on any atom is -0.497 e. The van der Waals surface area contributed by atoms with Crippen molar-refractivity contribution in [2.45, 2.75) is 4.34 Å². The molecule has 8 nitrogen and oxygen atoms in total. The summed E-state index contributed by atoms with van der Waals surface area (Å²) in [6.07, 6.45) is 0. The van der Waals surface area contributed by atoms with Gasteiger partial charge >= 0.3 is 0 Å². The van der Waals surface area contributed by atoms with E-state index < -0.39 is 10.0 Å². The number of hydrogen-bond donors (Lipinski definition) is 2. The Bertz CT molecular complexity index is 714. The highest BCUT2D eigenvalue weighted by atomic mass is 32.2. The first kappa shape index (κ1) is 14.3. The lowest BCUT2D eigenvalue weighted by atomic mass is 10.3. The first-order valence-electron chi connectivity index (χ1n) is 5.30. The molecular formula is C10H12N4O4S2. The highest BCUT2D eigenvalue weighted by Gasteiger charge is 2.21. The molecule has 0 saturated carbocycles. The SMILES string of the molecule is COc1ccc(OC)c(NS(=O)(=O)c2nnc(N)s2)c1. The van der Waals surface area contributed by atoms with E-state index in [0.717, 1.165) is 11.3 Å². The summed E-state index contributed by atoms with van der Waals surface area (Å²) in [6, 6.07) is 4.74. The summed E-state index contributed by atoms with van der Waals surface area (Å²) in [5.41, 5.74) is 5.62. The molecule has 0 unspecified atom stereocenters. The highest BCUT2D eigenvalue weighted by Crippen LogP contribution is 2.31. The summed E-state index contributed by atoms with van der Waals surface area (Å²) in [7, 11) is -0.960. The molecule has 0 fully saturated rings. The first-order chi connectivity index (χ1) is 9.46. The van der Waals surface area contributed by atoms with Gasteiger partial charge in [0, 0.05) is 6.07 Å². The molecule has 0 amide bonds. The average Bonchev–Trinajstić information content (AvgIpc) is 2.86. The van der Waals surface area contributed by atoms with Crippen molar-refractivity contribution in [3.8, 4) is 11.5 Å². The van der Waals surface area contributed by atoms with E-state index >= 15 is 0 Å². The molecule has 20 heavy (non-hydrogen) atoms. The maximum absolute atomic E-state index is 12.1. The van der Waals surface area contributed by atoms with E-state index in [1.54, 1.807) is 12.1 Å². The molecule has 0 saturated heterocycles. The molecule has 1 heterocycles. The van der Waals surface area contributed by atoms with E-state index in [1.807, 2.05) is 0 Å². The van der Waals surface area contributed by atoms with Gasteiger partial charge in [0.25, 0.3) is 14.4 Å². The van der Waals surface area contributed by atoms with Gasteiger partial charge in [-0.15, -0.1) is 10.2 Å². The lowest BCUT2D eigenvalue weighted by Crippen LogP contribution is -2.13. The number of hydrogen-bond acceptors (Lipinski definition) is 8. The number of nitrogens with zero attached hydrogens (tertiary/aromatic N) is 2. The van der Waals surface area contributed by atoms with Crippen molar-refractivity contribution in [2.75, 3.05) is 24.7 Å². The van der Waals surface area contributed by atoms with Crippen LogP contribution in [0.25, 0.3) is 0 Å². The Balaban J connectivity index is 2.38. The number of sulfonamides is 1. The predicted molar refractivity (Wildman–Crippen MR) is 74.7 cm³/mol. The fraction of sp³-hybridized carbons (Fsp3) is 0.200. The van der Waals surface area contributed by atoms with Crippen LogP contribution < -0.4 is 19.9 Å². The standard InChI is InChI=1S/C10H12N4O4S2/c1-17-6-3-4-8(18-2)7(5-6)14-20(15,16)10-13-12-9(11)19-10/h3-5,14H,1-2H3,(H2,11,12). The molecule has 0 bridgehead atoms. The van der Waals surface area contributed by atoms with Gasteiger partial charge in [0.2, 0.25) is 5.13 Å². The van der Waals surface area contributed by atoms with Crippen LogP contribution >= 0.6 is 11.3 Å². The lowest BCUT2D eigenvalue weighted by Gasteiger charge is -2.11. The van der Waals surface area contributed by atoms with E-state index in [2.05, 4.69) is 14.9 Å². The monoisotopic (exact) mass is 316 g/mol. The quantitative estimate of drug-likeness (QED) is 0.843. The number of nitrogens with two attached hydrogens (primary N) is 1. The van der Waals surface area contributed by atoms with Crippen molar-refractivity contribution in [1.29, 1.82) is 0 Å². The van der Waals surface area contributed by atoms with Gasteiger partial charge in [0.05, 0.1) is 19.9 Å². The summed E-state index contributed by atoms with van der Waals surface area (Å²) < 4.78 is 36.5. The van der Waals surface area contributed by atoms with Gasteiger partial charge < -0.3 is 15.2 Å². The molecule has 0 atom stereocenters. The number of benzene rings is 1. The molecule has 0 radical (unpaired) electrons. The Labute approximate surface area is 119 Å². The Hall–Kier alpha value is -2.07. The molecule has 0 aliphatic rings. The Kier molecular flexibility index (Phi) is 3.95. The zero-order valence-corrected chi connectivity index (χ0v) is 12.3. The van der Waals surface area contributed by atoms with Crippen LogP contribution in [-0.2, 0) is 10.0 Å². The lowest BCUT2D eigenvalue weighted by molar-refractivity contribution is 0.405. The van der Waals surface area contributed by atoms with Gasteiger partial charge in [-0.2, -0.15) is 8.42 Å². The Morgan fingerprint density at radius 1 is 1.25 bits per heavy atom.